The van der Waals surface area contributed by atoms with Gasteiger partial charge in [0.2, 0.25) is 0 Å². The zero-order valence-electron chi connectivity index (χ0n) is 11.0. The van der Waals surface area contributed by atoms with E-state index in [0.717, 1.165) is 12.5 Å². The van der Waals surface area contributed by atoms with Crippen LogP contribution >= 0.6 is 0 Å². The first-order valence-corrected chi connectivity index (χ1v) is 6.14. The third kappa shape index (κ3) is 6.42. The molecule has 0 heterocycles. The van der Waals surface area contributed by atoms with E-state index in [9.17, 15) is 0 Å². The van der Waals surface area contributed by atoms with Gasteiger partial charge in [0.25, 0.3) is 0 Å². The van der Waals surface area contributed by atoms with Crippen molar-refractivity contribution >= 4 is 0 Å². The van der Waals surface area contributed by atoms with Crippen molar-refractivity contribution in [2.75, 3.05) is 6.54 Å². The van der Waals surface area contributed by atoms with E-state index in [1.165, 1.54) is 19.3 Å². The van der Waals surface area contributed by atoms with E-state index in [1.807, 2.05) is 0 Å². The molecule has 0 saturated carbocycles. The lowest BCUT2D eigenvalue weighted by Gasteiger charge is -2.30. The Balaban J connectivity index is 3.91. The molecule has 1 nitrogen and oxygen atoms in total. The predicted octanol–water partition coefficient (Wildman–Crippen LogP) is 3.84. The molecule has 0 aromatic rings. The lowest BCUT2D eigenvalue weighted by atomic mass is 9.80. The molecule has 0 saturated heterocycles. The first kappa shape index (κ1) is 14.0. The molecule has 0 spiro atoms. The summed E-state index contributed by atoms with van der Waals surface area (Å²) in [4.78, 5) is 0. The second kappa shape index (κ2) is 6.44. The van der Waals surface area contributed by atoms with Crippen LogP contribution in [0.3, 0.4) is 0 Å². The minimum absolute atomic E-state index is 0.445. The molecular formula is C13H29N. The third-order valence-electron chi connectivity index (χ3n) is 2.98. The maximum atomic E-state index is 3.54. The van der Waals surface area contributed by atoms with Crippen molar-refractivity contribution in [1.82, 2.24) is 5.32 Å². The molecular weight excluding hydrogens is 170 g/mol. The zero-order chi connectivity index (χ0) is 11.2. The van der Waals surface area contributed by atoms with Gasteiger partial charge in [0.15, 0.2) is 0 Å². The highest BCUT2D eigenvalue weighted by atomic mass is 14.9. The summed E-state index contributed by atoms with van der Waals surface area (Å²) in [6.07, 6.45) is 3.99. The van der Waals surface area contributed by atoms with Gasteiger partial charge in [-0.05, 0) is 17.8 Å². The Morgan fingerprint density at radius 1 is 1.07 bits per heavy atom. The summed E-state index contributed by atoms with van der Waals surface area (Å²) in [7, 11) is 0. The Labute approximate surface area is 90.7 Å². The lowest BCUT2D eigenvalue weighted by Crippen LogP contribution is -2.35. The average molecular weight is 199 g/mol. The van der Waals surface area contributed by atoms with Crippen LogP contribution in [0.25, 0.3) is 0 Å². The van der Waals surface area contributed by atoms with Crippen molar-refractivity contribution in [3.8, 4) is 0 Å². The topological polar surface area (TPSA) is 12.0 Å². The van der Waals surface area contributed by atoms with Crippen LogP contribution in [0.4, 0.5) is 0 Å². The summed E-state index contributed by atoms with van der Waals surface area (Å²) in [6, 6.07) is 0.607. The normalized spacial score (nSPS) is 12.9. The van der Waals surface area contributed by atoms with Crippen molar-refractivity contribution in [2.45, 2.75) is 66.8 Å². The molecule has 0 atom stereocenters. The van der Waals surface area contributed by atoms with E-state index in [2.05, 4.69) is 46.9 Å². The fourth-order valence-electron chi connectivity index (χ4n) is 1.91. The Bertz CT molecular complexity index is 134. The molecule has 0 rings (SSSR count). The first-order chi connectivity index (χ1) is 6.41. The SMILES string of the molecule is CCC(CC)CC(C)(C)CNC(C)C. The Hall–Kier alpha value is -0.0400. The van der Waals surface area contributed by atoms with Crippen molar-refractivity contribution < 1.29 is 0 Å². The van der Waals surface area contributed by atoms with Gasteiger partial charge in [-0.1, -0.05) is 54.4 Å². The summed E-state index contributed by atoms with van der Waals surface area (Å²) in [5, 5.41) is 3.54. The van der Waals surface area contributed by atoms with Crippen molar-refractivity contribution in [2.24, 2.45) is 11.3 Å². The molecule has 14 heavy (non-hydrogen) atoms. The van der Waals surface area contributed by atoms with Gasteiger partial charge in [-0.2, -0.15) is 0 Å². The molecule has 0 fully saturated rings. The summed E-state index contributed by atoms with van der Waals surface area (Å²) in [5.74, 6) is 0.902. The molecule has 86 valence electrons. The van der Waals surface area contributed by atoms with Gasteiger partial charge in [0.05, 0.1) is 0 Å². The van der Waals surface area contributed by atoms with Crippen LogP contribution in [-0.2, 0) is 0 Å². The van der Waals surface area contributed by atoms with Crippen LogP contribution in [0.2, 0.25) is 0 Å². The molecule has 0 aliphatic carbocycles. The largest absolute Gasteiger partial charge is 0.314 e. The number of nitrogens with one attached hydrogen (secondary N) is 1. The smallest absolute Gasteiger partial charge is 0.00106 e. The van der Waals surface area contributed by atoms with E-state index in [-0.39, 0.29) is 0 Å². The minimum Gasteiger partial charge on any atom is -0.314 e. The van der Waals surface area contributed by atoms with Gasteiger partial charge in [-0.25, -0.2) is 0 Å². The van der Waals surface area contributed by atoms with E-state index in [0.29, 0.717) is 11.5 Å². The highest BCUT2D eigenvalue weighted by molar-refractivity contribution is 4.75. The molecule has 0 aromatic heterocycles. The monoisotopic (exact) mass is 199 g/mol. The van der Waals surface area contributed by atoms with Crippen LogP contribution in [0.1, 0.15) is 60.8 Å². The number of rotatable bonds is 7. The molecule has 1 N–H and O–H groups in total. The zero-order valence-corrected chi connectivity index (χ0v) is 11.0. The molecule has 0 aromatic carbocycles. The minimum atomic E-state index is 0.445. The van der Waals surface area contributed by atoms with Crippen molar-refractivity contribution in [3.05, 3.63) is 0 Å². The highest BCUT2D eigenvalue weighted by Gasteiger charge is 2.21. The van der Waals surface area contributed by atoms with Crippen LogP contribution in [-0.4, -0.2) is 12.6 Å². The Morgan fingerprint density at radius 3 is 1.93 bits per heavy atom. The molecule has 1 heteroatoms. The van der Waals surface area contributed by atoms with Gasteiger partial charge >= 0.3 is 0 Å². The summed E-state index contributed by atoms with van der Waals surface area (Å²) in [6.45, 7) is 14.9. The fraction of sp³-hybridized carbons (Fsp3) is 1.00. The Kier molecular flexibility index (Phi) is 6.43. The summed E-state index contributed by atoms with van der Waals surface area (Å²) >= 11 is 0. The second-order valence-corrected chi connectivity index (χ2v) is 5.59. The van der Waals surface area contributed by atoms with E-state index in [4.69, 9.17) is 0 Å². The number of hydrogen-bond donors (Lipinski definition) is 1. The maximum absolute atomic E-state index is 3.54. The fourth-order valence-corrected chi connectivity index (χ4v) is 1.91. The van der Waals surface area contributed by atoms with Gasteiger partial charge in [-0.3, -0.25) is 0 Å². The molecule has 0 radical (unpaired) electrons. The molecule has 0 aliphatic heterocycles. The molecule has 0 unspecified atom stereocenters. The average Bonchev–Trinajstić information content (AvgIpc) is 2.11. The van der Waals surface area contributed by atoms with Gasteiger partial charge < -0.3 is 5.32 Å². The van der Waals surface area contributed by atoms with Crippen LogP contribution in [0.15, 0.2) is 0 Å². The standard InChI is InChI=1S/C13H29N/c1-7-12(8-2)9-13(5,6)10-14-11(3)4/h11-12,14H,7-10H2,1-6H3. The first-order valence-electron chi connectivity index (χ1n) is 6.14. The summed E-state index contributed by atoms with van der Waals surface area (Å²) in [5.41, 5.74) is 0.445. The van der Waals surface area contributed by atoms with E-state index < -0.39 is 0 Å². The lowest BCUT2D eigenvalue weighted by molar-refractivity contribution is 0.240. The van der Waals surface area contributed by atoms with Crippen LogP contribution in [0, 0.1) is 11.3 Å². The molecule has 0 aliphatic rings. The van der Waals surface area contributed by atoms with Crippen LogP contribution in [0.5, 0.6) is 0 Å². The second-order valence-electron chi connectivity index (χ2n) is 5.59. The van der Waals surface area contributed by atoms with Gasteiger partial charge in [-0.15, -0.1) is 0 Å². The molecule has 0 amide bonds. The van der Waals surface area contributed by atoms with E-state index >= 15 is 0 Å². The molecule has 0 bridgehead atoms. The van der Waals surface area contributed by atoms with Crippen molar-refractivity contribution in [1.29, 1.82) is 0 Å². The third-order valence-corrected chi connectivity index (χ3v) is 2.98. The Morgan fingerprint density at radius 2 is 1.57 bits per heavy atom. The summed E-state index contributed by atoms with van der Waals surface area (Å²) < 4.78 is 0. The highest BCUT2D eigenvalue weighted by Crippen LogP contribution is 2.28. The predicted molar refractivity (Wildman–Crippen MR) is 65.6 cm³/mol. The maximum Gasteiger partial charge on any atom is 0.00106 e. The van der Waals surface area contributed by atoms with Gasteiger partial charge in [0, 0.05) is 12.6 Å². The van der Waals surface area contributed by atoms with Gasteiger partial charge in [0.1, 0.15) is 0 Å². The van der Waals surface area contributed by atoms with Crippen molar-refractivity contribution in [3.63, 3.8) is 0 Å². The van der Waals surface area contributed by atoms with Crippen LogP contribution < -0.4 is 5.32 Å². The number of hydrogen-bond acceptors (Lipinski definition) is 1. The quantitative estimate of drug-likeness (QED) is 0.657. The van der Waals surface area contributed by atoms with E-state index in [1.54, 1.807) is 0 Å².